The summed E-state index contributed by atoms with van der Waals surface area (Å²) in [4.78, 5) is 0. The molecule has 0 heterocycles. The van der Waals surface area contributed by atoms with Crippen LogP contribution in [0.2, 0.25) is 0 Å². The van der Waals surface area contributed by atoms with E-state index >= 15 is 0 Å². The molecule has 0 radical (unpaired) electrons. The molecule has 0 saturated carbocycles. The maximum Gasteiger partial charge on any atom is 0.433 e. The molecule has 2 aromatic rings. The maximum atomic E-state index is 13.2. The average molecular weight is 355 g/mol. The molecule has 0 aromatic heterocycles. The molecule has 0 aliphatic carbocycles. The molecule has 21 heavy (non-hydrogen) atoms. The minimum Gasteiger partial charge on any atom is -0.366 e. The topological polar surface area (TPSA) is 20.2 Å². The highest BCUT2D eigenvalue weighted by Crippen LogP contribution is 2.38. The van der Waals surface area contributed by atoms with E-state index in [9.17, 15) is 18.3 Å². The van der Waals surface area contributed by atoms with Crippen LogP contribution in [-0.2, 0) is 5.60 Å². The number of rotatable bonds is 1. The van der Waals surface area contributed by atoms with E-state index < -0.39 is 11.8 Å². The highest BCUT2D eigenvalue weighted by atomic mass is 79.9. The van der Waals surface area contributed by atoms with E-state index in [0.29, 0.717) is 5.56 Å². The van der Waals surface area contributed by atoms with Crippen molar-refractivity contribution in [3.05, 3.63) is 70.2 Å². The lowest BCUT2D eigenvalue weighted by atomic mass is 9.93. The number of benzene rings is 2. The van der Waals surface area contributed by atoms with Crippen LogP contribution < -0.4 is 0 Å². The van der Waals surface area contributed by atoms with Crippen molar-refractivity contribution >= 4 is 15.9 Å². The summed E-state index contributed by atoms with van der Waals surface area (Å²) in [6.45, 7) is 0. The lowest BCUT2D eigenvalue weighted by Crippen LogP contribution is -2.41. The molecular formula is C16H10BrF3O. The van der Waals surface area contributed by atoms with Gasteiger partial charge in [-0.3, -0.25) is 0 Å². The standard InChI is InChI=1S/C16H10BrF3O/c17-14-8-6-12(7-9-14)10-11-15(21,16(18,19)20)13-4-2-1-3-5-13/h1-9,21H/t15-/m1/s1. The summed E-state index contributed by atoms with van der Waals surface area (Å²) in [5.74, 6) is 4.33. The van der Waals surface area contributed by atoms with Gasteiger partial charge in [0.15, 0.2) is 0 Å². The fourth-order valence-corrected chi connectivity index (χ4v) is 1.95. The molecule has 2 aromatic carbocycles. The van der Waals surface area contributed by atoms with Crippen LogP contribution in [0.25, 0.3) is 0 Å². The van der Waals surface area contributed by atoms with E-state index in [4.69, 9.17) is 0 Å². The number of hydrogen-bond donors (Lipinski definition) is 1. The first-order chi connectivity index (χ1) is 9.83. The van der Waals surface area contributed by atoms with Crippen LogP contribution >= 0.6 is 15.9 Å². The molecule has 0 fully saturated rings. The Morgan fingerprint density at radius 2 is 1.48 bits per heavy atom. The fraction of sp³-hybridized carbons (Fsp3) is 0.125. The molecule has 1 atom stereocenters. The predicted molar refractivity (Wildman–Crippen MR) is 77.4 cm³/mol. The Bertz CT molecular complexity index is 669. The van der Waals surface area contributed by atoms with Crippen LogP contribution in [0.15, 0.2) is 59.1 Å². The second kappa shape index (κ2) is 5.92. The van der Waals surface area contributed by atoms with E-state index in [1.807, 2.05) is 5.92 Å². The molecule has 0 bridgehead atoms. The molecule has 1 nitrogen and oxygen atoms in total. The van der Waals surface area contributed by atoms with Gasteiger partial charge in [0, 0.05) is 15.6 Å². The first-order valence-corrected chi connectivity index (χ1v) is 6.75. The Balaban J connectivity index is 2.46. The zero-order chi connectivity index (χ0) is 15.5. The summed E-state index contributed by atoms with van der Waals surface area (Å²) >= 11 is 3.23. The Hall–Kier alpha value is -1.77. The third kappa shape index (κ3) is 3.46. The average Bonchev–Trinajstić information content (AvgIpc) is 2.46. The second-order valence-corrected chi connectivity index (χ2v) is 5.25. The van der Waals surface area contributed by atoms with Crippen LogP contribution in [-0.4, -0.2) is 11.3 Å². The van der Waals surface area contributed by atoms with Gasteiger partial charge in [-0.2, -0.15) is 13.2 Å². The van der Waals surface area contributed by atoms with Crippen molar-refractivity contribution in [2.75, 3.05) is 0 Å². The first kappa shape index (κ1) is 15.6. The minimum atomic E-state index is -4.89. The number of halogens is 4. The van der Waals surface area contributed by atoms with Gasteiger partial charge in [0.25, 0.3) is 0 Å². The summed E-state index contributed by atoms with van der Waals surface area (Å²) in [6.07, 6.45) is -4.89. The van der Waals surface area contributed by atoms with Crippen molar-refractivity contribution in [3.8, 4) is 11.8 Å². The van der Waals surface area contributed by atoms with Gasteiger partial charge in [0.2, 0.25) is 5.60 Å². The predicted octanol–water partition coefficient (Wildman–Crippen LogP) is 4.25. The zero-order valence-electron chi connectivity index (χ0n) is 10.7. The molecule has 0 unspecified atom stereocenters. The Labute approximate surface area is 128 Å². The van der Waals surface area contributed by atoms with E-state index in [2.05, 4.69) is 21.9 Å². The van der Waals surface area contributed by atoms with Gasteiger partial charge in [-0.15, -0.1) is 0 Å². The molecule has 2 rings (SSSR count). The maximum absolute atomic E-state index is 13.2. The lowest BCUT2D eigenvalue weighted by molar-refractivity contribution is -0.240. The fourth-order valence-electron chi connectivity index (χ4n) is 1.68. The van der Waals surface area contributed by atoms with Crippen molar-refractivity contribution in [3.63, 3.8) is 0 Å². The van der Waals surface area contributed by atoms with Crippen molar-refractivity contribution < 1.29 is 18.3 Å². The van der Waals surface area contributed by atoms with E-state index in [0.717, 1.165) is 4.47 Å². The molecule has 0 saturated heterocycles. The molecule has 108 valence electrons. The summed E-state index contributed by atoms with van der Waals surface area (Å²) < 4.78 is 40.4. The molecule has 0 amide bonds. The monoisotopic (exact) mass is 354 g/mol. The van der Waals surface area contributed by atoms with E-state index in [-0.39, 0.29) is 5.56 Å². The van der Waals surface area contributed by atoms with Gasteiger partial charge >= 0.3 is 6.18 Å². The Kier molecular flexibility index (Phi) is 4.40. The van der Waals surface area contributed by atoms with Gasteiger partial charge < -0.3 is 5.11 Å². The molecule has 0 spiro atoms. The van der Waals surface area contributed by atoms with Gasteiger partial charge in [-0.05, 0) is 30.2 Å². The minimum absolute atomic E-state index is 0.304. The van der Waals surface area contributed by atoms with Crippen molar-refractivity contribution in [2.24, 2.45) is 0 Å². The summed E-state index contributed by atoms with van der Waals surface area (Å²) in [5, 5.41) is 10.0. The van der Waals surface area contributed by atoms with Crippen molar-refractivity contribution in [2.45, 2.75) is 11.8 Å². The largest absolute Gasteiger partial charge is 0.433 e. The van der Waals surface area contributed by atoms with Crippen molar-refractivity contribution in [1.29, 1.82) is 0 Å². The molecule has 5 heteroatoms. The molecule has 1 N–H and O–H groups in total. The third-order valence-corrected chi connectivity index (χ3v) is 3.36. The van der Waals surface area contributed by atoms with Crippen LogP contribution in [0.4, 0.5) is 13.2 Å². The molecular weight excluding hydrogens is 345 g/mol. The zero-order valence-corrected chi connectivity index (χ0v) is 12.2. The highest BCUT2D eigenvalue weighted by molar-refractivity contribution is 9.10. The Morgan fingerprint density at radius 1 is 0.905 bits per heavy atom. The van der Waals surface area contributed by atoms with Gasteiger partial charge in [-0.1, -0.05) is 52.2 Å². The van der Waals surface area contributed by atoms with Crippen LogP contribution in [0.1, 0.15) is 11.1 Å². The summed E-state index contributed by atoms with van der Waals surface area (Å²) in [6, 6.07) is 13.3. The van der Waals surface area contributed by atoms with Gasteiger partial charge in [0.05, 0.1) is 0 Å². The first-order valence-electron chi connectivity index (χ1n) is 5.96. The molecule has 0 aliphatic heterocycles. The number of hydrogen-bond acceptors (Lipinski definition) is 1. The van der Waals surface area contributed by atoms with Crippen molar-refractivity contribution in [1.82, 2.24) is 0 Å². The second-order valence-electron chi connectivity index (χ2n) is 4.33. The van der Waals surface area contributed by atoms with E-state index in [1.165, 1.54) is 24.3 Å². The Morgan fingerprint density at radius 3 is 2.00 bits per heavy atom. The van der Waals surface area contributed by atoms with Crippen LogP contribution in [0.3, 0.4) is 0 Å². The van der Waals surface area contributed by atoms with Gasteiger partial charge in [-0.25, -0.2) is 0 Å². The molecule has 0 aliphatic rings. The SMILES string of the molecule is O[C@](C#Cc1ccc(Br)cc1)(c1ccccc1)C(F)(F)F. The smallest absolute Gasteiger partial charge is 0.366 e. The summed E-state index contributed by atoms with van der Waals surface area (Å²) in [7, 11) is 0. The highest BCUT2D eigenvalue weighted by Gasteiger charge is 2.54. The third-order valence-electron chi connectivity index (χ3n) is 2.83. The van der Waals surface area contributed by atoms with E-state index in [1.54, 1.807) is 30.3 Å². The quantitative estimate of drug-likeness (QED) is 0.759. The van der Waals surface area contributed by atoms with Crippen LogP contribution in [0.5, 0.6) is 0 Å². The summed E-state index contributed by atoms with van der Waals surface area (Å²) in [5.41, 5.74) is -3.11. The van der Waals surface area contributed by atoms with Gasteiger partial charge in [0.1, 0.15) is 0 Å². The number of aliphatic hydroxyl groups is 1. The number of alkyl halides is 3. The van der Waals surface area contributed by atoms with Crippen LogP contribution in [0, 0.1) is 11.8 Å². The normalized spacial score (nSPS) is 14.0. The lowest BCUT2D eigenvalue weighted by Gasteiger charge is -2.25.